The summed E-state index contributed by atoms with van der Waals surface area (Å²) in [6.45, 7) is 5.30. The van der Waals surface area contributed by atoms with Gasteiger partial charge in [0, 0.05) is 37.4 Å². The summed E-state index contributed by atoms with van der Waals surface area (Å²) in [5, 5.41) is 7.12. The normalized spacial score (nSPS) is 11.2. The minimum atomic E-state index is -0.0223. The van der Waals surface area contributed by atoms with E-state index in [0.717, 1.165) is 17.6 Å². The lowest BCUT2D eigenvalue weighted by Gasteiger charge is -2.06. The molecule has 2 N–H and O–H groups in total. The highest BCUT2D eigenvalue weighted by molar-refractivity contribution is 5.83. The van der Waals surface area contributed by atoms with Crippen LogP contribution in [0, 0.1) is 0 Å². The van der Waals surface area contributed by atoms with Crippen LogP contribution in [-0.2, 0) is 17.9 Å². The fourth-order valence-corrected chi connectivity index (χ4v) is 2.00. The summed E-state index contributed by atoms with van der Waals surface area (Å²) in [7, 11) is 1.64. The van der Waals surface area contributed by atoms with Gasteiger partial charge in [-0.2, -0.15) is 0 Å². The van der Waals surface area contributed by atoms with Crippen LogP contribution in [0.2, 0.25) is 0 Å². The van der Waals surface area contributed by atoms with Gasteiger partial charge in [0.25, 0.3) is 0 Å². The van der Waals surface area contributed by atoms with Crippen LogP contribution in [0.5, 0.6) is 0 Å². The van der Waals surface area contributed by atoms with Crippen LogP contribution >= 0.6 is 0 Å². The number of nitrogens with zero attached hydrogens (tertiary/aromatic N) is 2. The van der Waals surface area contributed by atoms with Crippen molar-refractivity contribution in [3.05, 3.63) is 30.1 Å². The Hall–Kier alpha value is -1.88. The second-order valence-corrected chi connectivity index (χ2v) is 4.87. The van der Waals surface area contributed by atoms with Crippen molar-refractivity contribution in [1.29, 1.82) is 0 Å². The first-order valence-corrected chi connectivity index (χ1v) is 6.48. The average molecular weight is 260 g/mol. The van der Waals surface area contributed by atoms with Gasteiger partial charge in [-0.25, -0.2) is 4.98 Å². The first kappa shape index (κ1) is 13.5. The summed E-state index contributed by atoms with van der Waals surface area (Å²) in [6, 6.07) is 4.39. The van der Waals surface area contributed by atoms with Crippen LogP contribution in [0.3, 0.4) is 0 Å². The molecule has 2 rings (SSSR count). The summed E-state index contributed by atoms with van der Waals surface area (Å²) in [5.74, 6) is -0.0223. The Morgan fingerprint density at radius 3 is 2.95 bits per heavy atom. The fraction of sp³-hybridized carbons (Fsp3) is 0.429. The van der Waals surface area contributed by atoms with Crippen LogP contribution in [0.25, 0.3) is 11.0 Å². The Morgan fingerprint density at radius 2 is 2.26 bits per heavy atom. The lowest BCUT2D eigenvalue weighted by molar-refractivity contribution is -0.121. The maximum atomic E-state index is 11.5. The van der Waals surface area contributed by atoms with E-state index < -0.39 is 0 Å². The lowest BCUT2D eigenvalue weighted by atomic mass is 10.2. The molecular formula is C14H20N4O. The van der Waals surface area contributed by atoms with Crippen LogP contribution in [0.1, 0.15) is 19.4 Å². The minimum absolute atomic E-state index is 0.0223. The summed E-state index contributed by atoms with van der Waals surface area (Å²) >= 11 is 0. The summed E-state index contributed by atoms with van der Waals surface area (Å²) in [4.78, 5) is 15.9. The third kappa shape index (κ3) is 3.12. The number of nitrogens with one attached hydrogen (secondary N) is 2. The quantitative estimate of drug-likeness (QED) is 0.851. The van der Waals surface area contributed by atoms with Crippen molar-refractivity contribution in [2.75, 3.05) is 7.05 Å². The van der Waals surface area contributed by atoms with E-state index in [0.29, 0.717) is 12.6 Å². The molecule has 0 aliphatic heterocycles. The largest absolute Gasteiger partial charge is 0.358 e. The molecule has 2 heterocycles. The third-order valence-corrected chi connectivity index (χ3v) is 3.01. The van der Waals surface area contributed by atoms with Crippen LogP contribution in [0.15, 0.2) is 24.5 Å². The molecule has 19 heavy (non-hydrogen) atoms. The minimum Gasteiger partial charge on any atom is -0.358 e. The predicted molar refractivity (Wildman–Crippen MR) is 75.8 cm³/mol. The molecule has 5 heteroatoms. The molecule has 0 saturated carbocycles. The first-order chi connectivity index (χ1) is 9.11. The highest BCUT2D eigenvalue weighted by Gasteiger charge is 2.11. The molecule has 2 aromatic rings. The Balaban J connectivity index is 2.33. The van der Waals surface area contributed by atoms with Crippen molar-refractivity contribution in [2.45, 2.75) is 33.0 Å². The second-order valence-electron chi connectivity index (χ2n) is 4.87. The first-order valence-electron chi connectivity index (χ1n) is 6.48. The SMILES string of the molecule is CNC(=O)Cn1cc(CNC(C)C)c2cccnc21. The summed E-state index contributed by atoms with van der Waals surface area (Å²) < 4.78 is 1.89. The molecule has 0 spiro atoms. The lowest BCUT2D eigenvalue weighted by Crippen LogP contribution is -2.23. The van der Waals surface area contributed by atoms with E-state index in [-0.39, 0.29) is 5.91 Å². The maximum Gasteiger partial charge on any atom is 0.239 e. The van der Waals surface area contributed by atoms with Gasteiger partial charge in [0.05, 0.1) is 0 Å². The number of fused-ring (bicyclic) bond motifs is 1. The fourth-order valence-electron chi connectivity index (χ4n) is 2.00. The number of carbonyl (C=O) groups excluding carboxylic acids is 1. The molecule has 0 aliphatic carbocycles. The number of aromatic nitrogens is 2. The number of pyridine rings is 1. The number of carbonyl (C=O) groups is 1. The van der Waals surface area contributed by atoms with E-state index in [1.165, 1.54) is 5.56 Å². The van der Waals surface area contributed by atoms with Crippen molar-refractivity contribution in [2.24, 2.45) is 0 Å². The Kier molecular flexibility index (Phi) is 4.16. The molecule has 0 atom stereocenters. The van der Waals surface area contributed by atoms with Gasteiger partial charge in [0.2, 0.25) is 5.91 Å². The predicted octanol–water partition coefficient (Wildman–Crippen LogP) is 1.28. The summed E-state index contributed by atoms with van der Waals surface area (Å²) in [5.41, 5.74) is 2.02. The van der Waals surface area contributed by atoms with Gasteiger partial charge in [-0.05, 0) is 17.7 Å². The average Bonchev–Trinajstić information content (AvgIpc) is 2.75. The van der Waals surface area contributed by atoms with Gasteiger partial charge in [-0.1, -0.05) is 13.8 Å². The Bertz CT molecular complexity index is 574. The van der Waals surface area contributed by atoms with Gasteiger partial charge >= 0.3 is 0 Å². The zero-order valence-corrected chi connectivity index (χ0v) is 11.6. The van der Waals surface area contributed by atoms with Crippen molar-refractivity contribution < 1.29 is 4.79 Å². The number of hydrogen-bond donors (Lipinski definition) is 2. The molecule has 0 aromatic carbocycles. The number of amides is 1. The monoisotopic (exact) mass is 260 g/mol. The van der Waals surface area contributed by atoms with Crippen molar-refractivity contribution in [3.8, 4) is 0 Å². The molecule has 0 aliphatic rings. The molecule has 0 radical (unpaired) electrons. The van der Waals surface area contributed by atoms with Gasteiger partial charge in [-0.3, -0.25) is 4.79 Å². The number of likely N-dealkylation sites (N-methyl/N-ethyl adjacent to an activating group) is 1. The van der Waals surface area contributed by atoms with E-state index in [4.69, 9.17) is 0 Å². The van der Waals surface area contributed by atoms with Gasteiger partial charge in [0.15, 0.2) is 0 Å². The maximum absolute atomic E-state index is 11.5. The zero-order valence-electron chi connectivity index (χ0n) is 11.6. The molecule has 102 valence electrons. The van der Waals surface area contributed by atoms with Crippen LogP contribution < -0.4 is 10.6 Å². The molecule has 0 saturated heterocycles. The van der Waals surface area contributed by atoms with E-state index >= 15 is 0 Å². The summed E-state index contributed by atoms with van der Waals surface area (Å²) in [6.07, 6.45) is 3.75. The van der Waals surface area contributed by atoms with Gasteiger partial charge in [-0.15, -0.1) is 0 Å². The molecule has 5 nitrogen and oxygen atoms in total. The zero-order chi connectivity index (χ0) is 13.8. The highest BCUT2D eigenvalue weighted by Crippen LogP contribution is 2.19. The van der Waals surface area contributed by atoms with Crippen LogP contribution in [-0.4, -0.2) is 28.5 Å². The highest BCUT2D eigenvalue weighted by atomic mass is 16.1. The Morgan fingerprint density at radius 1 is 1.47 bits per heavy atom. The molecular weight excluding hydrogens is 240 g/mol. The van der Waals surface area contributed by atoms with Crippen molar-refractivity contribution in [3.63, 3.8) is 0 Å². The van der Waals surface area contributed by atoms with E-state index in [9.17, 15) is 4.79 Å². The van der Waals surface area contributed by atoms with E-state index in [1.807, 2.05) is 22.9 Å². The molecule has 0 fully saturated rings. The smallest absolute Gasteiger partial charge is 0.239 e. The van der Waals surface area contributed by atoms with Gasteiger partial charge < -0.3 is 15.2 Å². The third-order valence-electron chi connectivity index (χ3n) is 3.01. The molecule has 0 unspecified atom stereocenters. The van der Waals surface area contributed by atoms with E-state index in [2.05, 4.69) is 29.5 Å². The number of rotatable bonds is 5. The second kappa shape index (κ2) is 5.84. The van der Waals surface area contributed by atoms with Crippen LogP contribution in [0.4, 0.5) is 0 Å². The topological polar surface area (TPSA) is 59.0 Å². The van der Waals surface area contributed by atoms with Gasteiger partial charge in [0.1, 0.15) is 12.2 Å². The van der Waals surface area contributed by atoms with E-state index in [1.54, 1.807) is 13.2 Å². The molecule has 0 bridgehead atoms. The van der Waals surface area contributed by atoms with Crippen molar-refractivity contribution >= 4 is 16.9 Å². The Labute approximate surface area is 113 Å². The standard InChI is InChI=1S/C14H20N4O/c1-10(2)17-7-11-8-18(9-13(19)15-3)14-12(11)5-4-6-16-14/h4-6,8,10,17H,7,9H2,1-3H3,(H,15,19). The molecule has 2 aromatic heterocycles. The number of hydrogen-bond acceptors (Lipinski definition) is 3. The van der Waals surface area contributed by atoms with Crippen molar-refractivity contribution in [1.82, 2.24) is 20.2 Å². The molecule has 1 amide bonds.